The second kappa shape index (κ2) is 12.7. The summed E-state index contributed by atoms with van der Waals surface area (Å²) in [5.74, 6) is 0.0774. The summed E-state index contributed by atoms with van der Waals surface area (Å²) in [6, 6.07) is 29.9. The summed E-state index contributed by atoms with van der Waals surface area (Å²) in [5.41, 5.74) is 9.35. The van der Waals surface area contributed by atoms with Crippen LogP contribution in [0.3, 0.4) is 0 Å². The molecule has 216 valence electrons. The zero-order valence-electron chi connectivity index (χ0n) is 23.3. The van der Waals surface area contributed by atoms with Crippen LogP contribution in [0, 0.1) is 0 Å². The lowest BCUT2D eigenvalue weighted by atomic mass is 10.1. The number of nitrogens with two attached hydrogens (primary N) is 1. The lowest BCUT2D eigenvalue weighted by Gasteiger charge is -2.26. The highest BCUT2D eigenvalue weighted by molar-refractivity contribution is 5.71. The van der Waals surface area contributed by atoms with Crippen molar-refractivity contribution in [2.45, 2.75) is 44.4 Å². The van der Waals surface area contributed by atoms with E-state index in [0.29, 0.717) is 25.5 Å². The number of hydrogen-bond acceptors (Lipinski definition) is 8. The van der Waals surface area contributed by atoms with Crippen LogP contribution in [0.15, 0.2) is 102 Å². The summed E-state index contributed by atoms with van der Waals surface area (Å²) in [5, 5.41) is 0. The highest BCUT2D eigenvalue weighted by atomic mass is 16.6. The monoisotopic (exact) mass is 567 g/mol. The van der Waals surface area contributed by atoms with Gasteiger partial charge in [-0.2, -0.15) is 4.98 Å². The zero-order chi connectivity index (χ0) is 28.9. The predicted octanol–water partition coefficient (Wildman–Crippen LogP) is 4.00. The van der Waals surface area contributed by atoms with Crippen molar-refractivity contribution in [1.82, 2.24) is 19.1 Å². The molecule has 1 saturated heterocycles. The van der Waals surface area contributed by atoms with Gasteiger partial charge < -0.3 is 24.7 Å². The Balaban J connectivity index is 1.34. The fourth-order valence-electron chi connectivity index (χ4n) is 5.21. The number of fused-ring (bicyclic) bond motifs is 1. The second-order valence-corrected chi connectivity index (χ2v) is 10.2. The molecule has 3 aromatic carbocycles. The lowest BCUT2D eigenvalue weighted by molar-refractivity contribution is -0.0914. The molecule has 6 rings (SSSR count). The fraction of sp³-hybridized carbons (Fsp3) is 0.281. The molecule has 3 heterocycles. The minimum atomic E-state index is -0.683. The molecule has 0 aliphatic carbocycles. The van der Waals surface area contributed by atoms with E-state index < -0.39 is 30.1 Å². The molecule has 1 fully saturated rings. The number of rotatable bonds is 11. The van der Waals surface area contributed by atoms with E-state index in [4.69, 9.17) is 24.7 Å². The van der Waals surface area contributed by atoms with Gasteiger partial charge in [-0.25, -0.2) is 4.98 Å². The van der Waals surface area contributed by atoms with Crippen molar-refractivity contribution < 1.29 is 18.9 Å². The van der Waals surface area contributed by atoms with Gasteiger partial charge in [0.1, 0.15) is 18.3 Å². The highest BCUT2D eigenvalue weighted by Crippen LogP contribution is 2.37. The van der Waals surface area contributed by atoms with E-state index in [9.17, 15) is 4.79 Å². The summed E-state index contributed by atoms with van der Waals surface area (Å²) < 4.78 is 29.3. The Labute approximate surface area is 243 Å². The summed E-state index contributed by atoms with van der Waals surface area (Å²) >= 11 is 0. The Morgan fingerprint density at radius 1 is 0.810 bits per heavy atom. The molecule has 0 spiro atoms. The molecule has 5 aromatic rings. The number of ether oxygens (including phenoxy) is 4. The van der Waals surface area contributed by atoms with Crippen molar-refractivity contribution in [2.75, 3.05) is 12.3 Å². The van der Waals surface area contributed by atoms with Gasteiger partial charge in [-0.3, -0.25) is 13.9 Å². The van der Waals surface area contributed by atoms with Gasteiger partial charge in [0.2, 0.25) is 5.95 Å². The lowest BCUT2D eigenvalue weighted by Crippen LogP contribution is -2.38. The smallest absolute Gasteiger partial charge is 0.302 e. The summed E-state index contributed by atoms with van der Waals surface area (Å²) in [6.07, 6.45) is -0.656. The fourth-order valence-corrected chi connectivity index (χ4v) is 5.21. The van der Waals surface area contributed by atoms with Crippen LogP contribution in [-0.4, -0.2) is 44.0 Å². The van der Waals surface area contributed by atoms with Crippen LogP contribution in [0.25, 0.3) is 11.2 Å². The van der Waals surface area contributed by atoms with Gasteiger partial charge >= 0.3 is 5.56 Å². The van der Waals surface area contributed by atoms with Crippen LogP contribution in [0.5, 0.6) is 0 Å². The molecule has 0 bridgehead atoms. The average molecular weight is 568 g/mol. The van der Waals surface area contributed by atoms with Gasteiger partial charge in [0, 0.05) is 7.05 Å². The molecule has 0 saturated carbocycles. The topological polar surface area (TPSA) is 116 Å². The molecule has 10 heteroatoms. The summed E-state index contributed by atoms with van der Waals surface area (Å²) in [6.45, 7) is 1.40. The van der Waals surface area contributed by atoms with Crippen molar-refractivity contribution in [3.63, 3.8) is 0 Å². The standard InChI is InChI=1S/C32H33N5O5/c1-36-30-26(29(38)35-32(36)33)34-21-37(30)31-28(41-19-24-15-9-4-10-16-24)27(40-18-23-13-7-3-8-14-23)25(42-31)20-39-17-22-11-5-2-6-12-22/h2-16,21,25,27-28,31H,17-20H2,1H3,(H2,33,35,38)/t25-,27-,28-,31-/m1/s1. The van der Waals surface area contributed by atoms with Gasteiger partial charge in [-0.1, -0.05) is 91.0 Å². The molecule has 1 aliphatic heterocycles. The highest BCUT2D eigenvalue weighted by Gasteiger charge is 2.48. The van der Waals surface area contributed by atoms with Crippen molar-refractivity contribution in [2.24, 2.45) is 7.05 Å². The SMILES string of the molecule is Cn1c(N)nc(=O)c2ncn([C@@H]3O[C@H](COCc4ccccc4)[C@@H](OCc4ccccc4)[C@H]3OCc3ccccc3)c21. The van der Waals surface area contributed by atoms with Crippen LogP contribution < -0.4 is 11.3 Å². The van der Waals surface area contributed by atoms with E-state index >= 15 is 0 Å². The number of imidazole rings is 1. The Hall–Kier alpha value is -4.35. The maximum Gasteiger partial charge on any atom is 0.302 e. The molecular weight excluding hydrogens is 534 g/mol. The van der Waals surface area contributed by atoms with Crippen molar-refractivity contribution in [3.05, 3.63) is 124 Å². The van der Waals surface area contributed by atoms with E-state index in [1.165, 1.54) is 0 Å². The molecule has 0 amide bonds. The van der Waals surface area contributed by atoms with Crippen LogP contribution >= 0.6 is 0 Å². The average Bonchev–Trinajstić information content (AvgIpc) is 3.61. The van der Waals surface area contributed by atoms with Crippen LogP contribution in [0.1, 0.15) is 22.9 Å². The first-order valence-corrected chi connectivity index (χ1v) is 13.9. The molecule has 0 unspecified atom stereocenters. The number of nitrogens with zero attached hydrogens (tertiary/aromatic N) is 4. The third-order valence-corrected chi connectivity index (χ3v) is 7.37. The van der Waals surface area contributed by atoms with Gasteiger partial charge in [0.15, 0.2) is 17.4 Å². The molecule has 10 nitrogen and oxygen atoms in total. The van der Waals surface area contributed by atoms with Crippen LogP contribution in [-0.2, 0) is 45.8 Å². The van der Waals surface area contributed by atoms with Gasteiger partial charge in [-0.15, -0.1) is 0 Å². The van der Waals surface area contributed by atoms with Gasteiger partial charge in [0.05, 0.1) is 32.8 Å². The zero-order valence-corrected chi connectivity index (χ0v) is 23.3. The van der Waals surface area contributed by atoms with E-state index in [2.05, 4.69) is 9.97 Å². The van der Waals surface area contributed by atoms with Gasteiger partial charge in [-0.05, 0) is 16.7 Å². The summed E-state index contributed by atoms with van der Waals surface area (Å²) in [7, 11) is 1.74. The second-order valence-electron chi connectivity index (χ2n) is 10.2. The largest absolute Gasteiger partial charge is 0.374 e. The molecule has 1 aliphatic rings. The minimum absolute atomic E-state index is 0.0774. The van der Waals surface area contributed by atoms with Crippen molar-refractivity contribution >= 4 is 17.1 Å². The number of nitrogen functional groups attached to an aromatic ring is 1. The van der Waals surface area contributed by atoms with E-state index in [1.54, 1.807) is 22.5 Å². The molecule has 2 N–H and O–H groups in total. The maximum absolute atomic E-state index is 12.6. The van der Waals surface area contributed by atoms with E-state index in [-0.39, 0.29) is 18.1 Å². The minimum Gasteiger partial charge on any atom is -0.374 e. The third kappa shape index (κ3) is 5.97. The molecule has 2 aromatic heterocycles. The number of hydrogen-bond donors (Lipinski definition) is 1. The van der Waals surface area contributed by atoms with Crippen LogP contribution in [0.2, 0.25) is 0 Å². The molecule has 0 radical (unpaired) electrons. The number of aromatic nitrogens is 4. The third-order valence-electron chi connectivity index (χ3n) is 7.37. The van der Waals surface area contributed by atoms with Crippen LogP contribution in [0.4, 0.5) is 5.95 Å². The van der Waals surface area contributed by atoms with E-state index in [0.717, 1.165) is 16.7 Å². The number of benzene rings is 3. The van der Waals surface area contributed by atoms with E-state index in [1.807, 2.05) is 91.0 Å². The molecule has 4 atom stereocenters. The van der Waals surface area contributed by atoms with Crippen molar-refractivity contribution in [3.8, 4) is 0 Å². The Morgan fingerprint density at radius 3 is 1.95 bits per heavy atom. The Kier molecular flexibility index (Phi) is 8.38. The first-order valence-electron chi connectivity index (χ1n) is 13.9. The Morgan fingerprint density at radius 2 is 1.36 bits per heavy atom. The van der Waals surface area contributed by atoms with Gasteiger partial charge in [0.25, 0.3) is 0 Å². The first-order chi connectivity index (χ1) is 20.6. The quantitative estimate of drug-likeness (QED) is 0.255. The normalized spacial score (nSPS) is 20.3. The molecule has 42 heavy (non-hydrogen) atoms. The predicted molar refractivity (Wildman–Crippen MR) is 157 cm³/mol. The first kappa shape index (κ1) is 27.8. The molecular formula is C32H33N5O5. The number of anilines is 1. The summed E-state index contributed by atoms with van der Waals surface area (Å²) in [4.78, 5) is 20.9. The van der Waals surface area contributed by atoms with Crippen molar-refractivity contribution in [1.29, 1.82) is 0 Å². The Bertz CT molecular complexity index is 1660. The number of aryl methyl sites for hydroxylation is 1. The maximum atomic E-state index is 12.6.